The van der Waals surface area contributed by atoms with E-state index >= 15 is 0 Å². The molecule has 0 bridgehead atoms. The molecule has 28 heavy (non-hydrogen) atoms. The smallest absolute Gasteiger partial charge is 0.325 e. The molecule has 0 radical (unpaired) electrons. The summed E-state index contributed by atoms with van der Waals surface area (Å²) in [5, 5.41) is 0. The number of rotatable bonds is 5. The molecule has 1 aromatic carbocycles. The molecule has 1 aromatic rings. The Kier molecular flexibility index (Phi) is 6.40. The normalized spacial score (nSPS) is 23.5. The van der Waals surface area contributed by atoms with Crippen molar-refractivity contribution in [2.24, 2.45) is 5.73 Å². The second kappa shape index (κ2) is 8.61. The van der Waals surface area contributed by atoms with Crippen LogP contribution in [0.2, 0.25) is 0 Å². The van der Waals surface area contributed by atoms with E-state index in [-0.39, 0.29) is 11.4 Å². The lowest BCUT2D eigenvalue weighted by Crippen LogP contribution is -2.51. The molecule has 1 saturated carbocycles. The summed E-state index contributed by atoms with van der Waals surface area (Å²) in [5.74, 6) is -1.31. The summed E-state index contributed by atoms with van der Waals surface area (Å²) in [6.45, 7) is 0.251. The van der Waals surface area contributed by atoms with E-state index in [4.69, 9.17) is 10.5 Å². The zero-order valence-corrected chi connectivity index (χ0v) is 16.8. The highest BCUT2D eigenvalue weighted by molar-refractivity contribution is 7.89. The van der Waals surface area contributed by atoms with Crippen molar-refractivity contribution in [2.75, 3.05) is 6.54 Å². The van der Waals surface area contributed by atoms with Crippen molar-refractivity contribution in [1.82, 2.24) is 4.31 Å². The number of primary amides is 1. The van der Waals surface area contributed by atoms with Gasteiger partial charge in [0, 0.05) is 6.54 Å². The van der Waals surface area contributed by atoms with E-state index in [1.807, 2.05) is 0 Å². The number of carbonyl (C=O) groups excluding carboxylic acids is 2. The minimum atomic E-state index is -3.81. The fourth-order valence-corrected chi connectivity index (χ4v) is 5.79. The highest BCUT2D eigenvalue weighted by atomic mass is 32.2. The Morgan fingerprint density at radius 3 is 2.21 bits per heavy atom. The van der Waals surface area contributed by atoms with Crippen molar-refractivity contribution in [3.63, 3.8) is 0 Å². The lowest BCUT2D eigenvalue weighted by atomic mass is 9.86. The second-order valence-electron chi connectivity index (χ2n) is 7.63. The first kappa shape index (κ1) is 20.8. The van der Waals surface area contributed by atoms with Gasteiger partial charge in [-0.25, -0.2) is 8.42 Å². The highest BCUT2D eigenvalue weighted by Gasteiger charge is 2.46. The second-order valence-corrected chi connectivity index (χ2v) is 9.52. The van der Waals surface area contributed by atoms with Crippen molar-refractivity contribution < 1.29 is 22.7 Å². The molecule has 1 heterocycles. The number of esters is 1. The number of nitrogens with zero attached hydrogens (tertiary/aromatic N) is 1. The van der Waals surface area contributed by atoms with Crippen LogP contribution in [0.5, 0.6) is 0 Å². The Hall–Kier alpha value is -1.93. The van der Waals surface area contributed by atoms with Crippen molar-refractivity contribution in [1.29, 1.82) is 0 Å². The fourth-order valence-electron chi connectivity index (χ4n) is 4.13. The van der Waals surface area contributed by atoms with Crippen LogP contribution in [-0.2, 0) is 24.3 Å². The average molecular weight is 409 g/mol. The third-order valence-corrected chi connectivity index (χ3v) is 7.65. The number of sulfonamides is 1. The summed E-state index contributed by atoms with van der Waals surface area (Å²) >= 11 is 0. The summed E-state index contributed by atoms with van der Waals surface area (Å²) in [6.07, 6.45) is 6.26. The third kappa shape index (κ3) is 4.22. The SMILES string of the molecule is NC(=O)C1(OC(=O)C2CCCN2S(=O)(=O)c2ccccc2)CCCCCCC1. The van der Waals surface area contributed by atoms with Crippen LogP contribution in [0.25, 0.3) is 0 Å². The van der Waals surface area contributed by atoms with Crippen LogP contribution in [0.4, 0.5) is 0 Å². The molecule has 3 rings (SSSR count). The van der Waals surface area contributed by atoms with Gasteiger partial charge >= 0.3 is 5.97 Å². The van der Waals surface area contributed by atoms with Gasteiger partial charge in [0.15, 0.2) is 5.60 Å². The summed E-state index contributed by atoms with van der Waals surface area (Å²) < 4.78 is 32.9. The van der Waals surface area contributed by atoms with Gasteiger partial charge in [-0.3, -0.25) is 9.59 Å². The van der Waals surface area contributed by atoms with Crippen molar-refractivity contribution in [3.05, 3.63) is 30.3 Å². The number of carbonyl (C=O) groups is 2. The van der Waals surface area contributed by atoms with Gasteiger partial charge in [0.1, 0.15) is 6.04 Å². The predicted molar refractivity (Wildman–Crippen MR) is 104 cm³/mol. The summed E-state index contributed by atoms with van der Waals surface area (Å²) in [7, 11) is -3.81. The maximum Gasteiger partial charge on any atom is 0.325 e. The summed E-state index contributed by atoms with van der Waals surface area (Å²) in [4.78, 5) is 25.3. The van der Waals surface area contributed by atoms with E-state index < -0.39 is 33.5 Å². The van der Waals surface area contributed by atoms with Gasteiger partial charge in [-0.15, -0.1) is 0 Å². The number of hydrogen-bond acceptors (Lipinski definition) is 5. The number of hydrogen-bond donors (Lipinski definition) is 1. The van der Waals surface area contributed by atoms with Crippen LogP contribution in [0.15, 0.2) is 35.2 Å². The summed E-state index contributed by atoms with van der Waals surface area (Å²) in [5.41, 5.74) is 4.30. The molecule has 1 amide bonds. The fraction of sp³-hybridized carbons (Fsp3) is 0.600. The van der Waals surface area contributed by atoms with E-state index in [2.05, 4.69) is 0 Å². The minimum absolute atomic E-state index is 0.144. The Labute approximate surface area is 166 Å². The Balaban J connectivity index is 1.81. The molecule has 2 aliphatic rings. The van der Waals surface area contributed by atoms with Crippen LogP contribution < -0.4 is 5.73 Å². The van der Waals surface area contributed by atoms with Gasteiger partial charge in [0.25, 0.3) is 5.91 Å². The number of ether oxygens (including phenoxy) is 1. The molecular weight excluding hydrogens is 380 g/mol. The third-order valence-electron chi connectivity index (χ3n) is 5.73. The highest BCUT2D eigenvalue weighted by Crippen LogP contribution is 2.33. The van der Waals surface area contributed by atoms with E-state index in [1.165, 1.54) is 16.4 Å². The molecule has 7 nitrogen and oxygen atoms in total. The van der Waals surface area contributed by atoms with Gasteiger partial charge in [0.05, 0.1) is 4.90 Å². The molecule has 1 unspecified atom stereocenters. The molecule has 0 spiro atoms. The zero-order chi connectivity index (χ0) is 20.2. The summed E-state index contributed by atoms with van der Waals surface area (Å²) in [6, 6.07) is 7.12. The average Bonchev–Trinajstić information content (AvgIpc) is 3.15. The molecule has 1 atom stereocenters. The van der Waals surface area contributed by atoms with Crippen LogP contribution in [0.1, 0.15) is 57.8 Å². The van der Waals surface area contributed by atoms with E-state index in [0.29, 0.717) is 25.7 Å². The molecular formula is C20H28N2O5S. The number of amides is 1. The van der Waals surface area contributed by atoms with Gasteiger partial charge in [-0.05, 0) is 50.7 Å². The van der Waals surface area contributed by atoms with E-state index in [0.717, 1.165) is 32.1 Å². The first-order chi connectivity index (χ1) is 13.4. The largest absolute Gasteiger partial charge is 0.448 e. The van der Waals surface area contributed by atoms with Crippen molar-refractivity contribution in [2.45, 2.75) is 74.3 Å². The molecule has 154 valence electrons. The molecule has 0 aromatic heterocycles. The van der Waals surface area contributed by atoms with E-state index in [1.54, 1.807) is 18.2 Å². The van der Waals surface area contributed by atoms with Crippen LogP contribution >= 0.6 is 0 Å². The molecule has 1 saturated heterocycles. The molecule has 1 aliphatic heterocycles. The van der Waals surface area contributed by atoms with Crippen molar-refractivity contribution >= 4 is 21.9 Å². The number of benzene rings is 1. The van der Waals surface area contributed by atoms with Crippen LogP contribution in [0, 0.1) is 0 Å². The monoisotopic (exact) mass is 408 g/mol. The maximum absolute atomic E-state index is 13.0. The van der Waals surface area contributed by atoms with E-state index in [9.17, 15) is 18.0 Å². The quantitative estimate of drug-likeness (QED) is 0.753. The zero-order valence-electron chi connectivity index (χ0n) is 16.0. The molecule has 1 aliphatic carbocycles. The molecule has 2 fully saturated rings. The maximum atomic E-state index is 13.0. The van der Waals surface area contributed by atoms with Crippen molar-refractivity contribution in [3.8, 4) is 0 Å². The standard InChI is InChI=1S/C20H28N2O5S/c21-19(24)20(13-7-2-1-3-8-14-20)27-18(23)17-12-9-15-22(17)28(25,26)16-10-5-4-6-11-16/h4-6,10-11,17H,1-3,7-9,12-15H2,(H2,21,24). The predicted octanol–water partition coefficient (Wildman–Crippen LogP) is 2.35. The Morgan fingerprint density at radius 1 is 1.00 bits per heavy atom. The Morgan fingerprint density at radius 2 is 1.61 bits per heavy atom. The first-order valence-electron chi connectivity index (χ1n) is 9.96. The topological polar surface area (TPSA) is 107 Å². The van der Waals surface area contributed by atoms with Gasteiger partial charge in [0.2, 0.25) is 10.0 Å². The lowest BCUT2D eigenvalue weighted by Gasteiger charge is -2.34. The lowest BCUT2D eigenvalue weighted by molar-refractivity contribution is -0.172. The van der Waals surface area contributed by atoms with Gasteiger partial charge in [-0.2, -0.15) is 4.31 Å². The van der Waals surface area contributed by atoms with Gasteiger partial charge < -0.3 is 10.5 Å². The van der Waals surface area contributed by atoms with Crippen LogP contribution in [0.3, 0.4) is 0 Å². The molecule has 8 heteroatoms. The first-order valence-corrected chi connectivity index (χ1v) is 11.4. The molecule has 2 N–H and O–H groups in total. The minimum Gasteiger partial charge on any atom is -0.448 e. The number of nitrogens with two attached hydrogens (primary N) is 1. The van der Waals surface area contributed by atoms with Crippen LogP contribution in [-0.4, -0.2) is 42.8 Å². The van der Waals surface area contributed by atoms with Gasteiger partial charge in [-0.1, -0.05) is 37.5 Å². The Bertz CT molecular complexity index is 801.